The fraction of sp³-hybridized carbons (Fsp3) is 0.750. The molecule has 6 rings (SSSR count). The Kier molecular flexibility index (Phi) is 13.6. The van der Waals surface area contributed by atoms with Gasteiger partial charge in [0.1, 0.15) is 0 Å². The standard InChI is InChI=1S/C40H70O5Si5/c1-6-46(36-26-16-11-17-27-36)41-47(7-2,37-28-18-12-19-29-37)43-49(9-4,39-32-22-14-23-33-39)45-50(10-5,40-34-24-15-25-35-40)44-48(8-3,42-46)38-30-20-13-21-31-38/h6-10,36-40H,1-5,11-35H2. The normalized spacial score (nSPS) is 40.0. The summed E-state index contributed by atoms with van der Waals surface area (Å²) in [7, 11) is -16.0. The van der Waals surface area contributed by atoms with Crippen LogP contribution < -0.4 is 0 Å². The molecular weight excluding hydrogens is 701 g/mol. The molecule has 280 valence electrons. The van der Waals surface area contributed by atoms with Crippen molar-refractivity contribution in [3.8, 4) is 0 Å². The largest absolute Gasteiger partial charge is 0.409 e. The first-order valence-corrected chi connectivity index (χ1v) is 30.9. The van der Waals surface area contributed by atoms with Crippen LogP contribution in [-0.2, 0) is 20.6 Å². The van der Waals surface area contributed by atoms with Gasteiger partial charge in [0.05, 0.1) is 0 Å². The van der Waals surface area contributed by atoms with Gasteiger partial charge in [0.2, 0.25) is 0 Å². The lowest BCUT2D eigenvalue weighted by molar-refractivity contribution is 0.192. The summed E-state index contributed by atoms with van der Waals surface area (Å²) in [6.07, 6.45) is 29.7. The van der Waals surface area contributed by atoms with Gasteiger partial charge in [-0.3, -0.25) is 0 Å². The van der Waals surface area contributed by atoms with Gasteiger partial charge >= 0.3 is 42.8 Å². The highest BCUT2D eigenvalue weighted by Gasteiger charge is 2.67. The van der Waals surface area contributed by atoms with Crippen molar-refractivity contribution in [2.75, 3.05) is 0 Å². The van der Waals surface area contributed by atoms with Gasteiger partial charge in [-0.1, -0.05) is 125 Å². The molecule has 0 spiro atoms. The van der Waals surface area contributed by atoms with Crippen LogP contribution >= 0.6 is 0 Å². The number of hydrogen-bond acceptors (Lipinski definition) is 5. The van der Waals surface area contributed by atoms with Gasteiger partial charge < -0.3 is 20.6 Å². The van der Waals surface area contributed by atoms with E-state index in [-0.39, 0.29) is 0 Å². The summed E-state index contributed by atoms with van der Waals surface area (Å²) < 4.78 is 40.6. The van der Waals surface area contributed by atoms with Crippen LogP contribution in [-0.4, -0.2) is 42.8 Å². The molecule has 0 amide bonds. The topological polar surface area (TPSA) is 46.2 Å². The van der Waals surface area contributed by atoms with Crippen molar-refractivity contribution in [2.45, 2.75) is 188 Å². The molecular formula is C40H70O5Si5. The van der Waals surface area contributed by atoms with Crippen molar-refractivity contribution in [3.05, 3.63) is 61.4 Å². The molecule has 0 N–H and O–H groups in total. The van der Waals surface area contributed by atoms with Gasteiger partial charge in [0.15, 0.2) is 0 Å². The summed E-state index contributed by atoms with van der Waals surface area (Å²) in [5.74, 6) is 0. The number of rotatable bonds is 10. The fourth-order valence-corrected chi connectivity index (χ4v) is 41.4. The van der Waals surface area contributed by atoms with Crippen LogP contribution in [0.15, 0.2) is 61.4 Å². The van der Waals surface area contributed by atoms with E-state index in [0.717, 1.165) is 64.2 Å². The molecule has 0 aromatic carbocycles. The van der Waals surface area contributed by atoms with Gasteiger partial charge in [-0.2, -0.15) is 0 Å². The van der Waals surface area contributed by atoms with Crippen LogP contribution in [0.25, 0.3) is 0 Å². The van der Waals surface area contributed by atoms with E-state index in [1.165, 1.54) is 96.3 Å². The van der Waals surface area contributed by atoms with E-state index < -0.39 is 42.8 Å². The maximum atomic E-state index is 8.12. The first kappa shape index (κ1) is 39.3. The molecule has 5 aliphatic carbocycles. The summed E-state index contributed by atoms with van der Waals surface area (Å²) >= 11 is 0. The molecule has 0 aromatic rings. The Morgan fingerprint density at radius 1 is 0.260 bits per heavy atom. The van der Waals surface area contributed by atoms with Gasteiger partial charge in [-0.05, 0) is 64.2 Å². The molecule has 6 aliphatic rings. The smallest absolute Gasteiger partial charge is 0.350 e. The SMILES string of the molecule is C=C[Si]1(C2CCCCC2)O[Si](C=C)(C2CCCCC2)O[Si](C=C)(C2CCCCC2)O[Si](C=C)(C2CCCCC2)O[Si](C=C)(C2CCCCC2)O1. The average molecular weight is 771 g/mol. The Hall–Kier alpha value is -0.416. The van der Waals surface area contributed by atoms with E-state index in [2.05, 4.69) is 61.4 Å². The summed E-state index contributed by atoms with van der Waals surface area (Å²) in [5.41, 5.74) is 12.5. The van der Waals surface area contributed by atoms with Crippen LogP contribution in [0.3, 0.4) is 0 Å². The lowest BCUT2D eigenvalue weighted by atomic mass is 10.0. The van der Waals surface area contributed by atoms with Gasteiger partial charge in [0.25, 0.3) is 0 Å². The molecule has 0 bridgehead atoms. The molecule has 1 heterocycles. The Balaban J connectivity index is 1.63. The van der Waals surface area contributed by atoms with Crippen molar-refractivity contribution in [2.24, 2.45) is 0 Å². The van der Waals surface area contributed by atoms with Crippen molar-refractivity contribution in [1.82, 2.24) is 0 Å². The number of hydrogen-bond donors (Lipinski definition) is 0. The Bertz CT molecular complexity index is 946. The molecule has 5 saturated carbocycles. The second-order valence-corrected chi connectivity index (χ2v) is 34.2. The van der Waals surface area contributed by atoms with Crippen LogP contribution in [0.2, 0.25) is 27.7 Å². The second kappa shape index (κ2) is 17.4. The monoisotopic (exact) mass is 770 g/mol. The van der Waals surface area contributed by atoms with Crippen molar-refractivity contribution in [3.63, 3.8) is 0 Å². The van der Waals surface area contributed by atoms with Crippen LogP contribution in [0, 0.1) is 0 Å². The minimum absolute atomic E-state index is 0.316. The van der Waals surface area contributed by atoms with E-state index in [1.807, 2.05) is 0 Å². The molecule has 6 fully saturated rings. The highest BCUT2D eigenvalue weighted by atomic mass is 28.5. The van der Waals surface area contributed by atoms with Crippen LogP contribution in [0.5, 0.6) is 0 Å². The van der Waals surface area contributed by atoms with E-state index in [9.17, 15) is 0 Å². The van der Waals surface area contributed by atoms with Gasteiger partial charge in [0, 0.05) is 27.7 Å². The third kappa shape index (κ3) is 7.86. The van der Waals surface area contributed by atoms with Gasteiger partial charge in [-0.15, -0.1) is 32.9 Å². The first-order valence-electron chi connectivity index (χ1n) is 21.1. The van der Waals surface area contributed by atoms with E-state index in [0.29, 0.717) is 27.7 Å². The Labute approximate surface area is 311 Å². The summed E-state index contributed by atoms with van der Waals surface area (Å²) in [6, 6.07) is 0. The lowest BCUT2D eigenvalue weighted by Crippen LogP contribution is -2.73. The zero-order chi connectivity index (χ0) is 35.1. The quantitative estimate of drug-likeness (QED) is 0.207. The summed E-state index contributed by atoms with van der Waals surface area (Å²) in [5, 5.41) is 0. The van der Waals surface area contributed by atoms with Crippen molar-refractivity contribution < 1.29 is 20.6 Å². The van der Waals surface area contributed by atoms with E-state index in [1.54, 1.807) is 0 Å². The molecule has 0 unspecified atom stereocenters. The maximum absolute atomic E-state index is 8.12. The van der Waals surface area contributed by atoms with Crippen LogP contribution in [0.4, 0.5) is 0 Å². The minimum atomic E-state index is -3.21. The average Bonchev–Trinajstić information content (AvgIpc) is 3.21. The Morgan fingerprint density at radius 2 is 0.400 bits per heavy atom. The first-order chi connectivity index (χ1) is 24.4. The van der Waals surface area contributed by atoms with Gasteiger partial charge in [-0.25, -0.2) is 0 Å². The van der Waals surface area contributed by atoms with E-state index >= 15 is 0 Å². The molecule has 0 radical (unpaired) electrons. The second-order valence-electron chi connectivity index (χ2n) is 16.8. The minimum Gasteiger partial charge on any atom is -0.409 e. The van der Waals surface area contributed by atoms with E-state index in [4.69, 9.17) is 20.6 Å². The lowest BCUT2D eigenvalue weighted by Gasteiger charge is -2.57. The highest BCUT2D eigenvalue weighted by molar-refractivity contribution is 7.01. The molecule has 1 aliphatic heterocycles. The third-order valence-corrected chi connectivity index (χ3v) is 38.1. The van der Waals surface area contributed by atoms with Crippen molar-refractivity contribution >= 4 is 42.8 Å². The summed E-state index contributed by atoms with van der Waals surface area (Å²) in [4.78, 5) is 0. The zero-order valence-corrected chi connectivity index (χ0v) is 36.5. The van der Waals surface area contributed by atoms with Crippen molar-refractivity contribution in [1.29, 1.82) is 0 Å². The molecule has 1 saturated heterocycles. The molecule has 0 aromatic heterocycles. The Morgan fingerprint density at radius 3 is 0.520 bits per heavy atom. The molecule has 5 nitrogen and oxygen atoms in total. The molecule has 10 heteroatoms. The maximum Gasteiger partial charge on any atom is 0.350 e. The molecule has 0 atom stereocenters. The zero-order valence-electron chi connectivity index (χ0n) is 31.5. The van der Waals surface area contributed by atoms with Crippen LogP contribution in [0.1, 0.15) is 161 Å². The fourth-order valence-electron chi connectivity index (χ4n) is 11.0. The predicted molar refractivity (Wildman–Crippen MR) is 219 cm³/mol. The highest BCUT2D eigenvalue weighted by Crippen LogP contribution is 2.55. The third-order valence-electron chi connectivity index (χ3n) is 13.9. The predicted octanol–water partition coefficient (Wildman–Crippen LogP) is 12.6. The molecule has 50 heavy (non-hydrogen) atoms. The summed E-state index contributed by atoms with van der Waals surface area (Å²) in [6.45, 7) is 23.3.